The molecule has 0 aliphatic heterocycles. The number of aliphatic imine (C=N–C) groups is 1. The topological polar surface area (TPSA) is 39.7 Å². The molecule has 0 heterocycles. The summed E-state index contributed by atoms with van der Waals surface area (Å²) in [5, 5.41) is 6.72. The molecule has 2 N–H and O–H groups in total. The van der Waals surface area contributed by atoms with Crippen LogP contribution < -0.4 is 10.6 Å². The van der Waals surface area contributed by atoms with Gasteiger partial charge < -0.3 is 15.5 Å². The Bertz CT molecular complexity index is 420. The smallest absolute Gasteiger partial charge is 0.191 e. The van der Waals surface area contributed by atoms with Crippen LogP contribution in [0.2, 0.25) is 0 Å². The van der Waals surface area contributed by atoms with Crippen molar-refractivity contribution in [3.05, 3.63) is 35.9 Å². The lowest BCUT2D eigenvalue weighted by Gasteiger charge is -2.24. The Labute approximate surface area is 129 Å². The lowest BCUT2D eigenvalue weighted by molar-refractivity contribution is 0.322. The summed E-state index contributed by atoms with van der Waals surface area (Å²) in [6, 6.07) is 10.6. The maximum atomic E-state index is 4.24. The van der Waals surface area contributed by atoms with E-state index in [9.17, 15) is 0 Å². The van der Waals surface area contributed by atoms with Crippen LogP contribution in [0.1, 0.15) is 32.8 Å². The monoisotopic (exact) mass is 290 g/mol. The highest BCUT2D eigenvalue weighted by molar-refractivity contribution is 5.80. The van der Waals surface area contributed by atoms with Gasteiger partial charge in [-0.1, -0.05) is 30.3 Å². The molecule has 0 fully saturated rings. The highest BCUT2D eigenvalue weighted by Gasteiger charge is 2.11. The summed E-state index contributed by atoms with van der Waals surface area (Å²) in [6.07, 6.45) is 1.09. The molecule has 1 rings (SSSR count). The fourth-order valence-corrected chi connectivity index (χ4v) is 2.06. The van der Waals surface area contributed by atoms with Crippen molar-refractivity contribution in [2.24, 2.45) is 4.99 Å². The second-order valence-electron chi connectivity index (χ2n) is 6.45. The highest BCUT2D eigenvalue weighted by atomic mass is 15.2. The molecule has 0 saturated heterocycles. The lowest BCUT2D eigenvalue weighted by atomic mass is 10.1. The molecule has 4 nitrogen and oxygen atoms in total. The van der Waals surface area contributed by atoms with Crippen molar-refractivity contribution in [2.75, 3.05) is 27.2 Å². The summed E-state index contributed by atoms with van der Waals surface area (Å²) in [6.45, 7) is 9.38. The zero-order chi connectivity index (χ0) is 15.7. The number of nitrogens with one attached hydrogen (secondary N) is 2. The quantitative estimate of drug-likeness (QED) is 0.480. The molecule has 21 heavy (non-hydrogen) atoms. The van der Waals surface area contributed by atoms with Crippen molar-refractivity contribution in [1.82, 2.24) is 15.5 Å². The molecule has 1 aromatic rings. The van der Waals surface area contributed by atoms with E-state index < -0.39 is 0 Å². The van der Waals surface area contributed by atoms with Crippen LogP contribution >= 0.6 is 0 Å². The van der Waals surface area contributed by atoms with E-state index in [1.54, 1.807) is 0 Å². The van der Waals surface area contributed by atoms with Gasteiger partial charge >= 0.3 is 0 Å². The molecule has 4 heteroatoms. The highest BCUT2D eigenvalue weighted by Crippen LogP contribution is 2.02. The van der Waals surface area contributed by atoms with Crippen molar-refractivity contribution in [3.8, 4) is 0 Å². The maximum absolute atomic E-state index is 4.24. The van der Waals surface area contributed by atoms with Crippen molar-refractivity contribution >= 4 is 5.96 Å². The summed E-state index contributed by atoms with van der Waals surface area (Å²) < 4.78 is 0. The van der Waals surface area contributed by atoms with Crippen LogP contribution in [-0.2, 0) is 6.54 Å². The molecular formula is C17H30N4. The van der Waals surface area contributed by atoms with Gasteiger partial charge in [-0.3, -0.25) is 4.99 Å². The van der Waals surface area contributed by atoms with Crippen LogP contribution in [-0.4, -0.2) is 43.6 Å². The summed E-state index contributed by atoms with van der Waals surface area (Å²) in [4.78, 5) is 6.58. The third-order valence-corrected chi connectivity index (χ3v) is 3.02. The molecule has 0 atom stereocenters. The molecule has 0 aliphatic carbocycles. The minimum absolute atomic E-state index is 0.0337. The Morgan fingerprint density at radius 3 is 2.43 bits per heavy atom. The summed E-state index contributed by atoms with van der Waals surface area (Å²) in [7, 11) is 3.97. The molecular weight excluding hydrogens is 260 g/mol. The van der Waals surface area contributed by atoms with Gasteiger partial charge in [-0.25, -0.2) is 0 Å². The van der Waals surface area contributed by atoms with Crippen LogP contribution in [0.3, 0.4) is 0 Å². The van der Waals surface area contributed by atoms with E-state index in [-0.39, 0.29) is 5.54 Å². The van der Waals surface area contributed by atoms with Gasteiger partial charge in [-0.15, -0.1) is 0 Å². The zero-order valence-electron chi connectivity index (χ0n) is 14.1. The molecule has 0 unspecified atom stereocenters. The third-order valence-electron chi connectivity index (χ3n) is 3.02. The number of nitrogens with zero attached hydrogens (tertiary/aromatic N) is 2. The SMILES string of the molecule is CN=C(NCCCN(C)Cc1ccccc1)NC(C)(C)C. The minimum atomic E-state index is 0.0337. The van der Waals surface area contributed by atoms with Crippen LogP contribution in [0, 0.1) is 0 Å². The first-order chi connectivity index (χ1) is 9.90. The fourth-order valence-electron chi connectivity index (χ4n) is 2.06. The van der Waals surface area contributed by atoms with Gasteiger partial charge in [0.15, 0.2) is 5.96 Å². The predicted octanol–water partition coefficient (Wildman–Crippen LogP) is 2.47. The Hall–Kier alpha value is -1.55. The largest absolute Gasteiger partial charge is 0.356 e. The number of benzene rings is 1. The molecule has 0 spiro atoms. The standard InChI is InChI=1S/C17H30N4/c1-17(2,3)20-16(18-4)19-12-9-13-21(5)14-15-10-7-6-8-11-15/h6-8,10-11H,9,12-14H2,1-5H3,(H2,18,19,20). The van der Waals surface area contributed by atoms with E-state index in [0.29, 0.717) is 0 Å². The lowest BCUT2D eigenvalue weighted by Crippen LogP contribution is -2.48. The normalized spacial score (nSPS) is 12.6. The first-order valence-corrected chi connectivity index (χ1v) is 7.62. The molecule has 0 radical (unpaired) electrons. The maximum Gasteiger partial charge on any atom is 0.191 e. The molecule has 0 saturated carbocycles. The molecule has 0 amide bonds. The predicted molar refractivity (Wildman–Crippen MR) is 91.6 cm³/mol. The second kappa shape index (κ2) is 8.67. The molecule has 0 bridgehead atoms. The van der Waals surface area contributed by atoms with Crippen LogP contribution in [0.4, 0.5) is 0 Å². The molecule has 0 aliphatic rings. The van der Waals surface area contributed by atoms with Gasteiger partial charge in [-0.05, 0) is 46.3 Å². The first kappa shape index (κ1) is 17.5. The first-order valence-electron chi connectivity index (χ1n) is 7.62. The number of hydrogen-bond donors (Lipinski definition) is 2. The number of hydrogen-bond acceptors (Lipinski definition) is 2. The van der Waals surface area contributed by atoms with Crippen molar-refractivity contribution in [1.29, 1.82) is 0 Å². The Balaban J connectivity index is 2.21. The van der Waals surface area contributed by atoms with E-state index in [1.165, 1.54) is 5.56 Å². The summed E-state index contributed by atoms with van der Waals surface area (Å²) in [5.74, 6) is 0.869. The minimum Gasteiger partial charge on any atom is -0.356 e. The van der Waals surface area contributed by atoms with Crippen molar-refractivity contribution in [2.45, 2.75) is 39.3 Å². The van der Waals surface area contributed by atoms with Crippen molar-refractivity contribution < 1.29 is 0 Å². The molecule has 1 aromatic carbocycles. The molecule has 118 valence electrons. The van der Waals surface area contributed by atoms with Gasteiger partial charge in [-0.2, -0.15) is 0 Å². The van der Waals surface area contributed by atoms with E-state index >= 15 is 0 Å². The van der Waals surface area contributed by atoms with Crippen LogP contribution in [0.15, 0.2) is 35.3 Å². The van der Waals surface area contributed by atoms with Gasteiger partial charge in [0.05, 0.1) is 0 Å². The van der Waals surface area contributed by atoms with E-state index in [1.807, 2.05) is 7.05 Å². The fraction of sp³-hybridized carbons (Fsp3) is 0.588. The Morgan fingerprint density at radius 2 is 1.86 bits per heavy atom. The van der Waals surface area contributed by atoms with E-state index in [4.69, 9.17) is 0 Å². The summed E-state index contributed by atoms with van der Waals surface area (Å²) in [5.41, 5.74) is 1.39. The number of rotatable bonds is 6. The van der Waals surface area contributed by atoms with E-state index in [2.05, 4.69) is 78.7 Å². The average Bonchev–Trinajstić information content (AvgIpc) is 2.42. The molecule has 0 aromatic heterocycles. The Morgan fingerprint density at radius 1 is 1.19 bits per heavy atom. The second-order valence-corrected chi connectivity index (χ2v) is 6.45. The van der Waals surface area contributed by atoms with Gasteiger partial charge in [0, 0.05) is 25.7 Å². The van der Waals surface area contributed by atoms with Crippen LogP contribution in [0.5, 0.6) is 0 Å². The number of guanidine groups is 1. The van der Waals surface area contributed by atoms with Crippen LogP contribution in [0.25, 0.3) is 0 Å². The Kier molecular flexibility index (Phi) is 7.23. The van der Waals surface area contributed by atoms with Crippen molar-refractivity contribution in [3.63, 3.8) is 0 Å². The third kappa shape index (κ3) is 8.35. The van der Waals surface area contributed by atoms with Gasteiger partial charge in [0.2, 0.25) is 0 Å². The van der Waals surface area contributed by atoms with E-state index in [0.717, 1.165) is 32.0 Å². The average molecular weight is 290 g/mol. The van der Waals surface area contributed by atoms with Gasteiger partial charge in [0.1, 0.15) is 0 Å². The summed E-state index contributed by atoms with van der Waals surface area (Å²) >= 11 is 0. The van der Waals surface area contributed by atoms with Gasteiger partial charge in [0.25, 0.3) is 0 Å². The zero-order valence-corrected chi connectivity index (χ0v) is 14.1.